The maximum atomic E-state index is 12.4. The van der Waals surface area contributed by atoms with Crippen molar-refractivity contribution in [2.75, 3.05) is 31.1 Å². The molecule has 1 saturated heterocycles. The molecule has 0 saturated carbocycles. The molecule has 1 heterocycles. The van der Waals surface area contributed by atoms with Crippen LogP contribution in [-0.2, 0) is 4.79 Å². The van der Waals surface area contributed by atoms with Crippen LogP contribution in [0.5, 0.6) is 0 Å². The van der Waals surface area contributed by atoms with Gasteiger partial charge in [0.2, 0.25) is 5.91 Å². The molecule has 29 heavy (non-hydrogen) atoms. The lowest BCUT2D eigenvalue weighted by atomic mass is 9.95. The zero-order chi connectivity index (χ0) is 20.6. The molecule has 2 aromatic carbocycles. The van der Waals surface area contributed by atoms with E-state index in [9.17, 15) is 14.4 Å². The highest BCUT2D eigenvalue weighted by Crippen LogP contribution is 2.23. The van der Waals surface area contributed by atoms with Crippen molar-refractivity contribution in [1.82, 2.24) is 10.6 Å². The van der Waals surface area contributed by atoms with E-state index in [4.69, 9.17) is 11.6 Å². The molecule has 0 bridgehead atoms. The second kappa shape index (κ2) is 10.1. The Morgan fingerprint density at radius 3 is 2.31 bits per heavy atom. The number of hydrogen-bond donors (Lipinski definition) is 2. The summed E-state index contributed by atoms with van der Waals surface area (Å²) >= 11 is 6.01. The third-order valence-corrected chi connectivity index (χ3v) is 5.42. The monoisotopic (exact) mass is 413 g/mol. The van der Waals surface area contributed by atoms with Crippen LogP contribution in [0.15, 0.2) is 48.5 Å². The third-order valence-electron chi connectivity index (χ3n) is 5.09. The van der Waals surface area contributed by atoms with E-state index in [1.54, 1.807) is 36.4 Å². The van der Waals surface area contributed by atoms with Crippen molar-refractivity contribution >= 4 is 35.4 Å². The molecule has 0 atom stereocenters. The fourth-order valence-electron chi connectivity index (χ4n) is 3.41. The Morgan fingerprint density at radius 2 is 1.66 bits per heavy atom. The van der Waals surface area contributed by atoms with E-state index in [2.05, 4.69) is 15.5 Å². The summed E-state index contributed by atoms with van der Waals surface area (Å²) in [6, 6.07) is 14.3. The normalized spacial score (nSPS) is 14.3. The van der Waals surface area contributed by atoms with Crippen molar-refractivity contribution in [2.24, 2.45) is 5.92 Å². The molecule has 0 radical (unpaired) electrons. The second-order valence-electron chi connectivity index (χ2n) is 7.00. The Morgan fingerprint density at radius 1 is 1.00 bits per heavy atom. The van der Waals surface area contributed by atoms with E-state index >= 15 is 0 Å². The quantitative estimate of drug-likeness (QED) is 0.540. The van der Waals surface area contributed by atoms with E-state index in [-0.39, 0.29) is 17.7 Å². The minimum absolute atomic E-state index is 0.0212. The number of nitrogens with zero attached hydrogens (tertiary/aromatic N) is 1. The lowest BCUT2D eigenvalue weighted by Gasteiger charge is -2.33. The van der Waals surface area contributed by atoms with Gasteiger partial charge in [0.15, 0.2) is 0 Å². The van der Waals surface area contributed by atoms with E-state index in [0.29, 0.717) is 29.2 Å². The lowest BCUT2D eigenvalue weighted by molar-refractivity contribution is -0.125. The van der Waals surface area contributed by atoms with Gasteiger partial charge in [-0.15, -0.1) is 0 Å². The molecular formula is C22H24ClN3O3. The zero-order valence-corrected chi connectivity index (χ0v) is 16.8. The highest BCUT2D eigenvalue weighted by atomic mass is 35.5. The van der Waals surface area contributed by atoms with E-state index < -0.39 is 0 Å². The van der Waals surface area contributed by atoms with Gasteiger partial charge in [0.25, 0.3) is 5.91 Å². The number of rotatable bonds is 7. The van der Waals surface area contributed by atoms with Crippen molar-refractivity contribution in [3.8, 4) is 0 Å². The Labute approximate surface area is 175 Å². The van der Waals surface area contributed by atoms with E-state index in [1.165, 1.54) is 0 Å². The molecule has 1 fully saturated rings. The molecule has 2 aromatic rings. The molecule has 7 heteroatoms. The van der Waals surface area contributed by atoms with Crippen LogP contribution in [0.2, 0.25) is 5.02 Å². The molecule has 152 valence electrons. The van der Waals surface area contributed by atoms with Gasteiger partial charge in [-0.05, 0) is 49.2 Å². The standard InChI is InChI=1S/C22H24ClN3O3/c23-20-4-2-1-3-19(20)22(29)25-12-11-24-21(28)17-9-13-26(14-10-17)18-7-5-16(15-27)6-8-18/h1-8,15,17H,9-14H2,(H,24,28)(H,25,29). The summed E-state index contributed by atoms with van der Waals surface area (Å²) in [5.41, 5.74) is 2.15. The lowest BCUT2D eigenvalue weighted by Crippen LogP contribution is -2.42. The van der Waals surface area contributed by atoms with Crippen LogP contribution in [0, 0.1) is 5.92 Å². The average molecular weight is 414 g/mol. The van der Waals surface area contributed by atoms with Gasteiger partial charge in [0.1, 0.15) is 6.29 Å². The largest absolute Gasteiger partial charge is 0.371 e. The van der Waals surface area contributed by atoms with Gasteiger partial charge in [-0.25, -0.2) is 0 Å². The first-order valence-electron chi connectivity index (χ1n) is 9.69. The second-order valence-corrected chi connectivity index (χ2v) is 7.40. The molecule has 1 aliphatic heterocycles. The summed E-state index contributed by atoms with van der Waals surface area (Å²) in [6.07, 6.45) is 2.37. The number of anilines is 1. The van der Waals surface area contributed by atoms with Crippen molar-refractivity contribution in [2.45, 2.75) is 12.8 Å². The number of benzene rings is 2. The Bertz CT molecular complexity index is 862. The summed E-state index contributed by atoms with van der Waals surface area (Å²) in [5, 5.41) is 6.07. The number of carbonyl (C=O) groups excluding carboxylic acids is 3. The molecule has 2 N–H and O–H groups in total. The molecule has 0 unspecified atom stereocenters. The van der Waals surface area contributed by atoms with Gasteiger partial charge in [0, 0.05) is 43.3 Å². The maximum absolute atomic E-state index is 12.4. The number of nitrogens with one attached hydrogen (secondary N) is 2. The topological polar surface area (TPSA) is 78.5 Å². The van der Waals surface area contributed by atoms with Gasteiger partial charge in [-0.3, -0.25) is 14.4 Å². The van der Waals surface area contributed by atoms with Crippen molar-refractivity contribution < 1.29 is 14.4 Å². The Kier molecular flexibility index (Phi) is 7.25. The summed E-state index contributed by atoms with van der Waals surface area (Å²) in [4.78, 5) is 37.5. The smallest absolute Gasteiger partial charge is 0.252 e. The van der Waals surface area contributed by atoms with Gasteiger partial charge in [-0.1, -0.05) is 23.7 Å². The number of carbonyl (C=O) groups is 3. The van der Waals surface area contributed by atoms with Gasteiger partial charge in [0.05, 0.1) is 10.6 Å². The van der Waals surface area contributed by atoms with Crippen LogP contribution in [0.3, 0.4) is 0 Å². The maximum Gasteiger partial charge on any atom is 0.252 e. The number of halogens is 1. The summed E-state index contributed by atoms with van der Waals surface area (Å²) in [5.74, 6) is -0.258. The first kappa shape index (κ1) is 20.9. The molecule has 0 spiro atoms. The van der Waals surface area contributed by atoms with Crippen LogP contribution in [0.25, 0.3) is 0 Å². The summed E-state index contributed by atoms with van der Waals surface area (Å²) < 4.78 is 0. The minimum atomic E-state index is -0.251. The SMILES string of the molecule is O=Cc1ccc(N2CCC(C(=O)NCCNC(=O)c3ccccc3Cl)CC2)cc1. The molecule has 0 aromatic heterocycles. The molecule has 2 amide bonds. The fourth-order valence-corrected chi connectivity index (χ4v) is 3.63. The van der Waals surface area contributed by atoms with E-state index in [1.807, 2.05) is 12.1 Å². The van der Waals surface area contributed by atoms with Crippen molar-refractivity contribution in [3.05, 3.63) is 64.7 Å². The minimum Gasteiger partial charge on any atom is -0.371 e. The number of hydrogen-bond acceptors (Lipinski definition) is 4. The van der Waals surface area contributed by atoms with Gasteiger partial charge in [-0.2, -0.15) is 0 Å². The molecule has 3 rings (SSSR count). The number of amides is 2. The van der Waals surface area contributed by atoms with Crippen LogP contribution >= 0.6 is 11.6 Å². The highest BCUT2D eigenvalue weighted by molar-refractivity contribution is 6.33. The number of aldehydes is 1. The van der Waals surface area contributed by atoms with Crippen LogP contribution in [0.1, 0.15) is 33.6 Å². The van der Waals surface area contributed by atoms with Crippen LogP contribution in [-0.4, -0.2) is 44.3 Å². The summed E-state index contributed by atoms with van der Waals surface area (Å²) in [7, 11) is 0. The Balaban J connectivity index is 1.38. The molecule has 6 nitrogen and oxygen atoms in total. The fraction of sp³-hybridized carbons (Fsp3) is 0.318. The zero-order valence-electron chi connectivity index (χ0n) is 16.1. The Hall–Kier alpha value is -2.86. The number of piperidine rings is 1. The van der Waals surface area contributed by atoms with Gasteiger partial charge >= 0.3 is 0 Å². The van der Waals surface area contributed by atoms with Crippen LogP contribution in [0.4, 0.5) is 5.69 Å². The van der Waals surface area contributed by atoms with Gasteiger partial charge < -0.3 is 15.5 Å². The predicted molar refractivity (Wildman–Crippen MR) is 114 cm³/mol. The predicted octanol–water partition coefficient (Wildman–Crippen LogP) is 2.92. The third kappa shape index (κ3) is 5.57. The first-order valence-corrected chi connectivity index (χ1v) is 10.1. The molecule has 1 aliphatic rings. The van der Waals surface area contributed by atoms with E-state index in [0.717, 1.165) is 37.9 Å². The molecule has 0 aliphatic carbocycles. The van der Waals surface area contributed by atoms with Crippen LogP contribution < -0.4 is 15.5 Å². The first-order chi connectivity index (χ1) is 14.1. The summed E-state index contributed by atoms with van der Waals surface area (Å²) in [6.45, 7) is 2.31. The molecular weight excluding hydrogens is 390 g/mol. The van der Waals surface area contributed by atoms with Crippen molar-refractivity contribution in [3.63, 3.8) is 0 Å². The highest BCUT2D eigenvalue weighted by Gasteiger charge is 2.24. The van der Waals surface area contributed by atoms with Crippen molar-refractivity contribution in [1.29, 1.82) is 0 Å². The average Bonchev–Trinajstić information content (AvgIpc) is 2.77.